The summed E-state index contributed by atoms with van der Waals surface area (Å²) in [6.45, 7) is 0.714. The molecule has 2 aliphatic rings. The highest BCUT2D eigenvalue weighted by molar-refractivity contribution is 5.98. The van der Waals surface area contributed by atoms with Crippen LogP contribution >= 0.6 is 0 Å². The Morgan fingerprint density at radius 3 is 2.76 bits per heavy atom. The standard InChI is InChI=1S/C19H22N4O2/c1-21-12-14(11-20-21)18-15(7-8-17(24)22(18)2)19(25)23-10-9-13-5-3-4-6-16(13)23/h3-6,11-12,15,18H,7-10H2,1-2H3/t15-,18+/m0/s1. The Labute approximate surface area is 147 Å². The van der Waals surface area contributed by atoms with E-state index in [0.29, 0.717) is 19.4 Å². The highest BCUT2D eigenvalue weighted by Crippen LogP contribution is 2.39. The molecule has 0 aliphatic carbocycles. The Morgan fingerprint density at radius 1 is 1.20 bits per heavy atom. The van der Waals surface area contributed by atoms with E-state index in [-0.39, 0.29) is 23.8 Å². The average molecular weight is 338 g/mol. The van der Waals surface area contributed by atoms with Crippen LogP contribution in [0.15, 0.2) is 36.7 Å². The molecule has 130 valence electrons. The molecule has 2 amide bonds. The lowest BCUT2D eigenvalue weighted by atomic mass is 9.84. The largest absolute Gasteiger partial charge is 0.338 e. The molecular weight excluding hydrogens is 316 g/mol. The van der Waals surface area contributed by atoms with Crippen LogP contribution in [0.3, 0.4) is 0 Å². The van der Waals surface area contributed by atoms with Crippen molar-refractivity contribution in [3.63, 3.8) is 0 Å². The number of carbonyl (C=O) groups is 2. The minimum atomic E-state index is -0.254. The number of benzene rings is 1. The number of aryl methyl sites for hydroxylation is 1. The Morgan fingerprint density at radius 2 is 2.00 bits per heavy atom. The van der Waals surface area contributed by atoms with E-state index in [2.05, 4.69) is 11.2 Å². The summed E-state index contributed by atoms with van der Waals surface area (Å²) in [4.78, 5) is 29.2. The summed E-state index contributed by atoms with van der Waals surface area (Å²) in [7, 11) is 3.64. The molecule has 2 atom stereocenters. The highest BCUT2D eigenvalue weighted by Gasteiger charge is 2.42. The van der Waals surface area contributed by atoms with Crippen molar-refractivity contribution in [2.75, 3.05) is 18.5 Å². The zero-order valence-electron chi connectivity index (χ0n) is 14.6. The Kier molecular flexibility index (Phi) is 3.82. The predicted octanol–water partition coefficient (Wildman–Crippen LogP) is 1.92. The van der Waals surface area contributed by atoms with E-state index in [1.54, 1.807) is 22.8 Å². The van der Waals surface area contributed by atoms with Crippen molar-refractivity contribution in [1.82, 2.24) is 14.7 Å². The maximum absolute atomic E-state index is 13.4. The first-order chi connectivity index (χ1) is 12.1. The molecule has 3 heterocycles. The number of hydrogen-bond acceptors (Lipinski definition) is 3. The molecule has 6 heteroatoms. The number of likely N-dealkylation sites (tertiary alicyclic amines) is 1. The Hall–Kier alpha value is -2.63. The number of aromatic nitrogens is 2. The van der Waals surface area contributed by atoms with Gasteiger partial charge in [0.15, 0.2) is 0 Å². The van der Waals surface area contributed by atoms with E-state index in [9.17, 15) is 9.59 Å². The molecule has 1 aromatic carbocycles. The number of amides is 2. The molecule has 1 aromatic heterocycles. The van der Waals surface area contributed by atoms with Gasteiger partial charge in [0.1, 0.15) is 0 Å². The van der Waals surface area contributed by atoms with E-state index in [0.717, 1.165) is 17.7 Å². The first-order valence-electron chi connectivity index (χ1n) is 8.70. The van der Waals surface area contributed by atoms with Gasteiger partial charge >= 0.3 is 0 Å². The van der Waals surface area contributed by atoms with Crippen LogP contribution in [0.4, 0.5) is 5.69 Å². The lowest BCUT2D eigenvalue weighted by Gasteiger charge is -2.39. The van der Waals surface area contributed by atoms with Crippen molar-refractivity contribution in [3.05, 3.63) is 47.8 Å². The molecular formula is C19H22N4O2. The van der Waals surface area contributed by atoms with Crippen LogP contribution in [0, 0.1) is 5.92 Å². The molecule has 0 unspecified atom stereocenters. The van der Waals surface area contributed by atoms with Crippen LogP contribution in [-0.4, -0.2) is 40.1 Å². The van der Waals surface area contributed by atoms with E-state index < -0.39 is 0 Å². The lowest BCUT2D eigenvalue weighted by Crippen LogP contribution is -2.47. The molecule has 2 aliphatic heterocycles. The number of anilines is 1. The molecule has 4 rings (SSSR count). The summed E-state index contributed by atoms with van der Waals surface area (Å²) < 4.78 is 1.72. The van der Waals surface area contributed by atoms with Crippen molar-refractivity contribution in [2.24, 2.45) is 13.0 Å². The molecule has 0 radical (unpaired) electrons. The fourth-order valence-corrected chi connectivity index (χ4v) is 4.11. The first kappa shape index (κ1) is 15.9. The molecule has 0 spiro atoms. The van der Waals surface area contributed by atoms with Crippen LogP contribution in [0.2, 0.25) is 0 Å². The van der Waals surface area contributed by atoms with E-state index >= 15 is 0 Å². The maximum Gasteiger partial charge on any atom is 0.232 e. The third kappa shape index (κ3) is 2.62. The van der Waals surface area contributed by atoms with Crippen LogP contribution in [-0.2, 0) is 23.1 Å². The molecule has 1 saturated heterocycles. The summed E-state index contributed by atoms with van der Waals surface area (Å²) in [6.07, 6.45) is 5.55. The fraction of sp³-hybridized carbons (Fsp3) is 0.421. The van der Waals surface area contributed by atoms with Crippen molar-refractivity contribution < 1.29 is 9.59 Å². The minimum Gasteiger partial charge on any atom is -0.338 e. The highest BCUT2D eigenvalue weighted by atomic mass is 16.2. The van der Waals surface area contributed by atoms with Gasteiger partial charge in [-0.1, -0.05) is 18.2 Å². The monoisotopic (exact) mass is 338 g/mol. The van der Waals surface area contributed by atoms with Crippen LogP contribution in [0.1, 0.15) is 30.0 Å². The maximum atomic E-state index is 13.4. The minimum absolute atomic E-state index is 0.0831. The molecule has 0 saturated carbocycles. The number of rotatable bonds is 2. The third-order valence-corrected chi connectivity index (χ3v) is 5.40. The van der Waals surface area contributed by atoms with Crippen LogP contribution < -0.4 is 4.90 Å². The smallest absolute Gasteiger partial charge is 0.232 e. The van der Waals surface area contributed by atoms with Crippen molar-refractivity contribution >= 4 is 17.5 Å². The summed E-state index contributed by atoms with van der Waals surface area (Å²) in [6, 6.07) is 7.82. The van der Waals surface area contributed by atoms with Gasteiger partial charge in [0.25, 0.3) is 0 Å². The van der Waals surface area contributed by atoms with Gasteiger partial charge in [-0.25, -0.2) is 0 Å². The predicted molar refractivity (Wildman–Crippen MR) is 93.9 cm³/mol. The third-order valence-electron chi connectivity index (χ3n) is 5.40. The number of nitrogens with zero attached hydrogens (tertiary/aromatic N) is 4. The van der Waals surface area contributed by atoms with Crippen molar-refractivity contribution in [3.8, 4) is 0 Å². The van der Waals surface area contributed by atoms with Crippen molar-refractivity contribution in [1.29, 1.82) is 0 Å². The van der Waals surface area contributed by atoms with Gasteiger partial charge in [-0.3, -0.25) is 14.3 Å². The van der Waals surface area contributed by atoms with Crippen LogP contribution in [0.25, 0.3) is 0 Å². The van der Waals surface area contributed by atoms with E-state index in [1.807, 2.05) is 36.3 Å². The molecule has 6 nitrogen and oxygen atoms in total. The quantitative estimate of drug-likeness (QED) is 0.840. The number of carbonyl (C=O) groups excluding carboxylic acids is 2. The van der Waals surface area contributed by atoms with Gasteiger partial charge in [-0.15, -0.1) is 0 Å². The van der Waals surface area contributed by atoms with Gasteiger partial charge in [0.2, 0.25) is 11.8 Å². The molecule has 1 fully saturated rings. The molecule has 0 N–H and O–H groups in total. The average Bonchev–Trinajstić information content (AvgIpc) is 3.23. The molecule has 0 bridgehead atoms. The van der Waals surface area contributed by atoms with Gasteiger partial charge in [0, 0.05) is 44.5 Å². The van der Waals surface area contributed by atoms with Crippen LogP contribution in [0.5, 0.6) is 0 Å². The van der Waals surface area contributed by atoms with Gasteiger partial charge < -0.3 is 9.80 Å². The molecule has 25 heavy (non-hydrogen) atoms. The Bertz CT molecular complexity index is 828. The second-order valence-corrected chi connectivity index (χ2v) is 6.91. The summed E-state index contributed by atoms with van der Waals surface area (Å²) in [5, 5.41) is 4.23. The van der Waals surface area contributed by atoms with E-state index in [1.165, 1.54) is 5.56 Å². The van der Waals surface area contributed by atoms with E-state index in [4.69, 9.17) is 0 Å². The number of hydrogen-bond donors (Lipinski definition) is 0. The number of piperidine rings is 1. The van der Waals surface area contributed by atoms with Gasteiger partial charge in [0.05, 0.1) is 18.2 Å². The second-order valence-electron chi connectivity index (χ2n) is 6.91. The number of para-hydroxylation sites is 1. The Balaban J connectivity index is 1.67. The van der Waals surface area contributed by atoms with Crippen molar-refractivity contribution in [2.45, 2.75) is 25.3 Å². The second kappa shape index (κ2) is 6.02. The summed E-state index contributed by atoms with van der Waals surface area (Å²) >= 11 is 0. The topological polar surface area (TPSA) is 58.4 Å². The lowest BCUT2D eigenvalue weighted by molar-refractivity contribution is -0.140. The zero-order valence-corrected chi connectivity index (χ0v) is 14.6. The SMILES string of the molecule is CN1C(=O)CC[C@H](C(=O)N2CCc3ccccc32)[C@H]1c1cnn(C)c1. The molecule has 2 aromatic rings. The summed E-state index contributed by atoms with van der Waals surface area (Å²) in [5.74, 6) is -0.0454. The summed E-state index contributed by atoms with van der Waals surface area (Å²) in [5.41, 5.74) is 3.15. The fourth-order valence-electron chi connectivity index (χ4n) is 4.11. The zero-order chi connectivity index (χ0) is 17.6. The normalized spacial score (nSPS) is 23.0. The van der Waals surface area contributed by atoms with Gasteiger partial charge in [-0.2, -0.15) is 5.10 Å². The first-order valence-corrected chi connectivity index (χ1v) is 8.70. The van der Waals surface area contributed by atoms with Gasteiger partial charge in [-0.05, 0) is 24.5 Å². The number of fused-ring (bicyclic) bond motifs is 1.